The van der Waals surface area contributed by atoms with Gasteiger partial charge >= 0.3 is 0 Å². The third kappa shape index (κ3) is 5.51. The number of carbonyl (C=O) groups excluding carboxylic acids is 1. The maximum atomic E-state index is 14.1. The van der Waals surface area contributed by atoms with E-state index in [0.717, 1.165) is 5.39 Å². The number of fused-ring (bicyclic) bond motifs is 1. The van der Waals surface area contributed by atoms with Crippen LogP contribution < -0.4 is 0 Å². The maximum Gasteiger partial charge on any atom is 0.253 e. The van der Waals surface area contributed by atoms with Crippen LogP contribution in [0, 0.1) is 5.82 Å². The summed E-state index contributed by atoms with van der Waals surface area (Å²) in [5, 5.41) is 1.17. The summed E-state index contributed by atoms with van der Waals surface area (Å²) in [5.74, 6) is -0.630. The monoisotopic (exact) mass is 537 g/mol. The topological polar surface area (TPSA) is 70.6 Å². The van der Waals surface area contributed by atoms with Crippen molar-refractivity contribution < 1.29 is 17.6 Å². The highest BCUT2D eigenvalue weighted by Gasteiger charge is 2.24. The van der Waals surface area contributed by atoms with Gasteiger partial charge in [-0.2, -0.15) is 0 Å². The Balaban J connectivity index is 1.22. The molecule has 1 aliphatic heterocycles. The van der Waals surface area contributed by atoms with Crippen LogP contribution in [0.5, 0.6) is 0 Å². The molecule has 0 spiro atoms. The third-order valence-electron chi connectivity index (χ3n) is 6.59. The second-order valence-corrected chi connectivity index (χ2v) is 11.4. The van der Waals surface area contributed by atoms with Gasteiger partial charge in [-0.1, -0.05) is 48.0 Å². The van der Waals surface area contributed by atoms with Crippen molar-refractivity contribution in [3.05, 3.63) is 107 Å². The van der Waals surface area contributed by atoms with Crippen molar-refractivity contribution in [3.8, 4) is 0 Å². The first-order chi connectivity index (χ1) is 17.8. The predicted molar refractivity (Wildman–Crippen MR) is 142 cm³/mol. The minimum atomic E-state index is -3.63. The van der Waals surface area contributed by atoms with Crippen molar-refractivity contribution in [2.75, 3.05) is 26.2 Å². The second kappa shape index (κ2) is 10.6. The summed E-state index contributed by atoms with van der Waals surface area (Å²) in [6, 6.07) is 20.1. The van der Waals surface area contributed by atoms with Gasteiger partial charge in [0.15, 0.2) is 9.84 Å². The molecule has 37 heavy (non-hydrogen) atoms. The molecular weight excluding hydrogens is 513 g/mol. The van der Waals surface area contributed by atoms with E-state index in [0.29, 0.717) is 60.0 Å². The molecule has 1 aromatic heterocycles. The van der Waals surface area contributed by atoms with Gasteiger partial charge in [-0.05, 0) is 42.0 Å². The average molecular weight is 538 g/mol. The molecule has 0 atom stereocenters. The van der Waals surface area contributed by atoms with E-state index in [1.165, 1.54) is 6.07 Å². The second-order valence-electron chi connectivity index (χ2n) is 9.06. The van der Waals surface area contributed by atoms with E-state index in [4.69, 9.17) is 11.6 Å². The summed E-state index contributed by atoms with van der Waals surface area (Å²) in [5.41, 5.74) is 2.01. The lowest BCUT2D eigenvalue weighted by Crippen LogP contribution is -2.48. The SMILES string of the molecule is O=C(c1ccc(CS(=O)(=O)c2cccc3cccnc23)cc1)N1CCN(Cc2c(F)cccc2Cl)CC1. The zero-order valence-electron chi connectivity index (χ0n) is 20.0. The van der Waals surface area contributed by atoms with Gasteiger partial charge in [0.05, 0.1) is 16.2 Å². The number of para-hydroxylation sites is 1. The Kier molecular flexibility index (Phi) is 7.24. The van der Waals surface area contributed by atoms with Crippen LogP contribution in [0.25, 0.3) is 10.9 Å². The maximum absolute atomic E-state index is 14.1. The summed E-state index contributed by atoms with van der Waals surface area (Å²) >= 11 is 6.15. The van der Waals surface area contributed by atoms with Crippen LogP contribution in [0.15, 0.2) is 83.9 Å². The fourth-order valence-corrected chi connectivity index (χ4v) is 6.33. The van der Waals surface area contributed by atoms with Crippen LogP contribution in [0.4, 0.5) is 4.39 Å². The average Bonchev–Trinajstić information content (AvgIpc) is 2.91. The van der Waals surface area contributed by atoms with E-state index in [1.807, 2.05) is 12.1 Å². The molecule has 4 aromatic rings. The van der Waals surface area contributed by atoms with E-state index in [9.17, 15) is 17.6 Å². The van der Waals surface area contributed by atoms with Gasteiger partial charge in [-0.3, -0.25) is 14.7 Å². The lowest BCUT2D eigenvalue weighted by molar-refractivity contribution is 0.0627. The van der Waals surface area contributed by atoms with Crippen molar-refractivity contribution in [2.24, 2.45) is 0 Å². The Morgan fingerprint density at radius 1 is 0.919 bits per heavy atom. The molecule has 0 bridgehead atoms. The number of piperazine rings is 1. The van der Waals surface area contributed by atoms with Crippen LogP contribution >= 0.6 is 11.6 Å². The molecule has 5 rings (SSSR count). The zero-order valence-corrected chi connectivity index (χ0v) is 21.6. The van der Waals surface area contributed by atoms with E-state index in [2.05, 4.69) is 9.88 Å². The molecule has 1 aliphatic rings. The van der Waals surface area contributed by atoms with Crippen LogP contribution in [-0.2, 0) is 22.1 Å². The summed E-state index contributed by atoms with van der Waals surface area (Å²) < 4.78 is 40.4. The highest BCUT2D eigenvalue weighted by molar-refractivity contribution is 7.90. The first kappa shape index (κ1) is 25.3. The molecule has 0 unspecified atom stereocenters. The number of amides is 1. The molecule has 9 heteroatoms. The summed E-state index contributed by atoms with van der Waals surface area (Å²) in [6.07, 6.45) is 1.58. The molecule has 2 heterocycles. The van der Waals surface area contributed by atoms with Gasteiger partial charge < -0.3 is 4.90 Å². The van der Waals surface area contributed by atoms with Crippen LogP contribution in [0.2, 0.25) is 5.02 Å². The zero-order chi connectivity index (χ0) is 26.0. The number of nitrogens with zero attached hydrogens (tertiary/aromatic N) is 3. The van der Waals surface area contributed by atoms with Crippen molar-refractivity contribution in [2.45, 2.75) is 17.2 Å². The fraction of sp³-hybridized carbons (Fsp3) is 0.214. The molecule has 0 aliphatic carbocycles. The number of benzene rings is 3. The Morgan fingerprint density at radius 2 is 1.62 bits per heavy atom. The van der Waals surface area contributed by atoms with Gasteiger partial charge in [0.25, 0.3) is 5.91 Å². The van der Waals surface area contributed by atoms with E-state index >= 15 is 0 Å². The Hall–Kier alpha value is -3.33. The lowest BCUT2D eigenvalue weighted by Gasteiger charge is -2.35. The quantitative estimate of drug-likeness (QED) is 0.348. The number of hydrogen-bond acceptors (Lipinski definition) is 5. The first-order valence-electron chi connectivity index (χ1n) is 11.9. The van der Waals surface area contributed by atoms with Crippen molar-refractivity contribution in [1.82, 2.24) is 14.8 Å². The van der Waals surface area contributed by atoms with Crippen molar-refractivity contribution >= 4 is 38.2 Å². The molecule has 0 saturated carbocycles. The van der Waals surface area contributed by atoms with Crippen molar-refractivity contribution in [1.29, 1.82) is 0 Å². The predicted octanol–water partition coefficient (Wildman–Crippen LogP) is 4.96. The van der Waals surface area contributed by atoms with E-state index < -0.39 is 9.84 Å². The molecular formula is C28H25ClFN3O3S. The highest BCUT2D eigenvalue weighted by Crippen LogP contribution is 2.25. The minimum absolute atomic E-state index is 0.115. The lowest BCUT2D eigenvalue weighted by atomic mass is 10.1. The van der Waals surface area contributed by atoms with Crippen LogP contribution in [0.1, 0.15) is 21.5 Å². The largest absolute Gasteiger partial charge is 0.336 e. The van der Waals surface area contributed by atoms with Gasteiger partial charge in [-0.25, -0.2) is 12.8 Å². The molecule has 1 saturated heterocycles. The van der Waals surface area contributed by atoms with Gasteiger partial charge in [0, 0.05) is 60.5 Å². The minimum Gasteiger partial charge on any atom is -0.336 e. The Morgan fingerprint density at radius 3 is 2.35 bits per heavy atom. The number of carbonyl (C=O) groups is 1. The summed E-state index contributed by atoms with van der Waals surface area (Å²) in [6.45, 7) is 2.62. The number of rotatable bonds is 6. The standard InChI is InChI=1S/C28H25ClFN3O3S/c29-24-6-2-7-25(30)23(24)18-32-14-16-33(17-15-32)28(34)22-11-9-20(10-12-22)19-37(35,36)26-8-1-4-21-5-3-13-31-27(21)26/h1-13H,14-19H2. The van der Waals surface area contributed by atoms with E-state index in [1.54, 1.807) is 65.7 Å². The van der Waals surface area contributed by atoms with Gasteiger partial charge in [0.2, 0.25) is 0 Å². The molecule has 190 valence electrons. The number of halogens is 2. The summed E-state index contributed by atoms with van der Waals surface area (Å²) in [7, 11) is -3.63. The van der Waals surface area contributed by atoms with Crippen molar-refractivity contribution in [3.63, 3.8) is 0 Å². The molecule has 3 aromatic carbocycles. The molecule has 1 fully saturated rings. The van der Waals surface area contributed by atoms with E-state index in [-0.39, 0.29) is 22.4 Å². The smallest absolute Gasteiger partial charge is 0.253 e. The Bertz CT molecular complexity index is 1530. The number of aromatic nitrogens is 1. The highest BCUT2D eigenvalue weighted by atomic mass is 35.5. The van der Waals surface area contributed by atoms with Gasteiger partial charge in [-0.15, -0.1) is 0 Å². The van der Waals surface area contributed by atoms with Gasteiger partial charge in [0.1, 0.15) is 5.82 Å². The number of pyridine rings is 1. The third-order valence-corrected chi connectivity index (χ3v) is 8.66. The first-order valence-corrected chi connectivity index (χ1v) is 13.9. The summed E-state index contributed by atoms with van der Waals surface area (Å²) in [4.78, 5) is 21.3. The number of hydrogen-bond donors (Lipinski definition) is 0. The molecule has 1 amide bonds. The fourth-order valence-electron chi connectivity index (χ4n) is 4.57. The Labute approximate surface area is 220 Å². The normalized spacial score (nSPS) is 14.7. The van der Waals surface area contributed by atoms with Crippen LogP contribution in [0.3, 0.4) is 0 Å². The number of sulfone groups is 1. The molecule has 6 nitrogen and oxygen atoms in total. The molecule has 0 radical (unpaired) electrons. The molecule has 0 N–H and O–H groups in total. The van der Waals surface area contributed by atoms with Crippen LogP contribution in [-0.4, -0.2) is 55.3 Å².